The van der Waals surface area contributed by atoms with Crippen molar-refractivity contribution in [2.24, 2.45) is 0 Å². The molecule has 0 radical (unpaired) electrons. The highest BCUT2D eigenvalue weighted by molar-refractivity contribution is 6.00. The molecule has 1 atom stereocenters. The van der Waals surface area contributed by atoms with Crippen LogP contribution in [0.25, 0.3) is 11.3 Å². The maximum Gasteiger partial charge on any atom is 0.273 e. The van der Waals surface area contributed by atoms with Crippen LogP contribution in [-0.4, -0.2) is 51.5 Å². The van der Waals surface area contributed by atoms with Gasteiger partial charge < -0.3 is 19.8 Å². The van der Waals surface area contributed by atoms with Gasteiger partial charge in [-0.3, -0.25) is 9.89 Å². The quantitative estimate of drug-likeness (QED) is 0.542. The molecule has 0 spiro atoms. The number of ether oxygens (including phenoxy) is 1. The maximum absolute atomic E-state index is 13.2. The fourth-order valence-corrected chi connectivity index (χ4v) is 4.19. The van der Waals surface area contributed by atoms with Gasteiger partial charge in [-0.1, -0.05) is 18.2 Å². The average molecular weight is 407 g/mol. The number of nitrogens with zero attached hydrogens (tertiary/aromatic N) is 2. The number of hydrogen-bond acceptors (Lipinski definition) is 5. The minimum atomic E-state index is -0.426. The molecule has 156 valence electrons. The number of carbonyl (C=O) groups excluding carboxylic acids is 1. The standard InChI is InChI=1S/C23H25N3O4/c1-13-10-14(2)22(28)17(11-13)19-18-20(25-24-19)23(29)26(8-5-9-30-3)21(18)15-6-4-7-16(27)12-15/h4,6-7,10-12,21,27-28H,5,8-9H2,1-3H3,(H,24,25). The van der Waals surface area contributed by atoms with E-state index in [0.717, 1.165) is 16.7 Å². The molecule has 3 aromatic rings. The number of carbonyl (C=O) groups is 1. The first kappa shape index (κ1) is 20.0. The number of phenolic OH excluding ortho intramolecular Hbond substituents is 2. The Hall–Kier alpha value is -3.32. The molecule has 2 aromatic carbocycles. The number of phenols is 2. The van der Waals surface area contributed by atoms with E-state index in [2.05, 4.69) is 10.2 Å². The first-order valence-corrected chi connectivity index (χ1v) is 9.90. The lowest BCUT2D eigenvalue weighted by Crippen LogP contribution is -2.31. The Balaban J connectivity index is 1.88. The molecule has 1 unspecified atom stereocenters. The van der Waals surface area contributed by atoms with Gasteiger partial charge in [-0.05, 0) is 55.2 Å². The number of aromatic nitrogens is 2. The highest BCUT2D eigenvalue weighted by Gasteiger charge is 2.42. The summed E-state index contributed by atoms with van der Waals surface area (Å²) in [6, 6.07) is 10.3. The lowest BCUT2D eigenvalue weighted by molar-refractivity contribution is 0.0723. The SMILES string of the molecule is COCCCN1C(=O)c2[nH]nc(-c3cc(C)cc(C)c3O)c2C1c1cccc(O)c1. The first-order chi connectivity index (χ1) is 14.4. The van der Waals surface area contributed by atoms with Gasteiger partial charge in [0.2, 0.25) is 0 Å². The zero-order chi connectivity index (χ0) is 21.4. The van der Waals surface area contributed by atoms with Gasteiger partial charge >= 0.3 is 0 Å². The number of aryl methyl sites for hydroxylation is 2. The largest absolute Gasteiger partial charge is 0.508 e. The molecule has 1 aliphatic heterocycles. The third-order valence-electron chi connectivity index (χ3n) is 5.50. The van der Waals surface area contributed by atoms with Gasteiger partial charge in [0.1, 0.15) is 22.9 Å². The molecule has 1 aliphatic rings. The molecular formula is C23H25N3O4. The first-order valence-electron chi connectivity index (χ1n) is 9.90. The lowest BCUT2D eigenvalue weighted by Gasteiger charge is -2.26. The van der Waals surface area contributed by atoms with E-state index in [1.807, 2.05) is 32.0 Å². The van der Waals surface area contributed by atoms with E-state index in [1.165, 1.54) is 0 Å². The van der Waals surface area contributed by atoms with Crippen LogP contribution in [0.2, 0.25) is 0 Å². The van der Waals surface area contributed by atoms with E-state index in [-0.39, 0.29) is 17.4 Å². The van der Waals surface area contributed by atoms with Crippen molar-refractivity contribution in [1.29, 1.82) is 0 Å². The monoisotopic (exact) mass is 407 g/mol. The summed E-state index contributed by atoms with van der Waals surface area (Å²) >= 11 is 0. The van der Waals surface area contributed by atoms with Crippen molar-refractivity contribution in [1.82, 2.24) is 15.1 Å². The van der Waals surface area contributed by atoms with Crippen molar-refractivity contribution in [2.75, 3.05) is 20.3 Å². The Bertz CT molecular complexity index is 1110. The number of H-pyrrole nitrogens is 1. The molecule has 7 heteroatoms. The molecule has 2 heterocycles. The number of benzene rings is 2. The molecule has 0 fully saturated rings. The van der Waals surface area contributed by atoms with Gasteiger partial charge in [0.15, 0.2) is 0 Å². The van der Waals surface area contributed by atoms with Crippen molar-refractivity contribution in [3.8, 4) is 22.8 Å². The maximum atomic E-state index is 13.2. The molecular weight excluding hydrogens is 382 g/mol. The van der Waals surface area contributed by atoms with E-state index >= 15 is 0 Å². The summed E-state index contributed by atoms with van der Waals surface area (Å²) in [6.45, 7) is 4.83. The Morgan fingerprint density at radius 2 is 2.00 bits per heavy atom. The van der Waals surface area contributed by atoms with E-state index in [0.29, 0.717) is 42.1 Å². The van der Waals surface area contributed by atoms with E-state index in [4.69, 9.17) is 4.74 Å². The predicted molar refractivity (Wildman–Crippen MR) is 113 cm³/mol. The number of methoxy groups -OCH3 is 1. The summed E-state index contributed by atoms with van der Waals surface area (Å²) in [7, 11) is 1.63. The number of amides is 1. The number of rotatable bonds is 6. The van der Waals surface area contributed by atoms with Crippen LogP contribution in [0.3, 0.4) is 0 Å². The number of hydrogen-bond donors (Lipinski definition) is 3. The van der Waals surface area contributed by atoms with E-state index < -0.39 is 6.04 Å². The van der Waals surface area contributed by atoms with Gasteiger partial charge in [-0.15, -0.1) is 0 Å². The van der Waals surface area contributed by atoms with Crippen molar-refractivity contribution in [3.05, 3.63) is 64.3 Å². The molecule has 7 nitrogen and oxygen atoms in total. The Labute approximate surface area is 174 Å². The second kappa shape index (κ2) is 7.84. The van der Waals surface area contributed by atoms with Gasteiger partial charge in [0.05, 0.1) is 6.04 Å². The van der Waals surface area contributed by atoms with Crippen LogP contribution in [0.4, 0.5) is 0 Å². The molecule has 0 saturated carbocycles. The number of nitrogens with one attached hydrogen (secondary N) is 1. The zero-order valence-electron chi connectivity index (χ0n) is 17.3. The molecule has 1 aromatic heterocycles. The van der Waals surface area contributed by atoms with Crippen LogP contribution >= 0.6 is 0 Å². The Morgan fingerprint density at radius 1 is 1.20 bits per heavy atom. The van der Waals surface area contributed by atoms with Crippen molar-refractivity contribution < 1.29 is 19.7 Å². The van der Waals surface area contributed by atoms with Gasteiger partial charge in [-0.2, -0.15) is 5.10 Å². The average Bonchev–Trinajstić information content (AvgIpc) is 3.24. The number of aromatic amines is 1. The summed E-state index contributed by atoms with van der Waals surface area (Å²) in [6.07, 6.45) is 0.680. The predicted octanol–water partition coefficient (Wildman–Crippen LogP) is 3.69. The summed E-state index contributed by atoms with van der Waals surface area (Å²) < 4.78 is 5.16. The van der Waals surface area contributed by atoms with Crippen molar-refractivity contribution >= 4 is 5.91 Å². The highest BCUT2D eigenvalue weighted by atomic mass is 16.5. The minimum Gasteiger partial charge on any atom is -0.508 e. The second-order valence-corrected chi connectivity index (χ2v) is 7.68. The normalized spacial score (nSPS) is 15.6. The molecule has 0 aliphatic carbocycles. The van der Waals surface area contributed by atoms with Crippen molar-refractivity contribution in [3.63, 3.8) is 0 Å². The third-order valence-corrected chi connectivity index (χ3v) is 5.50. The summed E-state index contributed by atoms with van der Waals surface area (Å²) in [5.74, 6) is 0.122. The smallest absolute Gasteiger partial charge is 0.273 e. The van der Waals surface area contributed by atoms with E-state index in [9.17, 15) is 15.0 Å². The van der Waals surface area contributed by atoms with Crippen LogP contribution in [0.15, 0.2) is 36.4 Å². The van der Waals surface area contributed by atoms with Crippen LogP contribution in [0.1, 0.15) is 45.2 Å². The van der Waals surface area contributed by atoms with Gasteiger partial charge in [0, 0.05) is 31.4 Å². The topological polar surface area (TPSA) is 98.7 Å². The second-order valence-electron chi connectivity index (χ2n) is 7.68. The molecule has 1 amide bonds. The summed E-state index contributed by atoms with van der Waals surface area (Å²) in [5.41, 5.74) is 4.78. The van der Waals surface area contributed by atoms with Gasteiger partial charge in [-0.25, -0.2) is 0 Å². The fourth-order valence-electron chi connectivity index (χ4n) is 4.19. The lowest BCUT2D eigenvalue weighted by atomic mass is 9.94. The number of fused-ring (bicyclic) bond motifs is 1. The van der Waals surface area contributed by atoms with Crippen LogP contribution < -0.4 is 0 Å². The highest BCUT2D eigenvalue weighted by Crippen LogP contribution is 2.45. The van der Waals surface area contributed by atoms with E-state index in [1.54, 1.807) is 30.2 Å². The third kappa shape index (κ3) is 3.31. The summed E-state index contributed by atoms with van der Waals surface area (Å²) in [4.78, 5) is 15.0. The molecule has 3 N–H and O–H groups in total. The molecule has 0 bridgehead atoms. The molecule has 30 heavy (non-hydrogen) atoms. The molecule has 0 saturated heterocycles. The molecule has 4 rings (SSSR count). The van der Waals surface area contributed by atoms with Crippen LogP contribution in [-0.2, 0) is 4.74 Å². The summed E-state index contributed by atoms with van der Waals surface area (Å²) in [5, 5.41) is 28.1. The fraction of sp³-hybridized carbons (Fsp3) is 0.304. The van der Waals surface area contributed by atoms with Crippen molar-refractivity contribution in [2.45, 2.75) is 26.3 Å². The zero-order valence-corrected chi connectivity index (χ0v) is 17.3. The van der Waals surface area contributed by atoms with Crippen LogP contribution in [0, 0.1) is 13.8 Å². The number of aromatic hydroxyl groups is 2. The Kier molecular flexibility index (Phi) is 5.22. The van der Waals surface area contributed by atoms with Gasteiger partial charge in [0.25, 0.3) is 5.91 Å². The Morgan fingerprint density at radius 3 is 2.73 bits per heavy atom. The van der Waals surface area contributed by atoms with Crippen LogP contribution in [0.5, 0.6) is 11.5 Å². The minimum absolute atomic E-state index is 0.129.